The smallest absolute Gasteiger partial charge is 0.123 e. The van der Waals surface area contributed by atoms with E-state index in [9.17, 15) is 4.39 Å². The minimum atomic E-state index is -0.115. The summed E-state index contributed by atoms with van der Waals surface area (Å²) in [5.41, 5.74) is 2.37. The molecule has 0 heterocycles. The van der Waals surface area contributed by atoms with Gasteiger partial charge in [-0.25, -0.2) is 4.39 Å². The molecule has 0 spiro atoms. The lowest BCUT2D eigenvalue weighted by Gasteiger charge is -2.38. The predicted molar refractivity (Wildman–Crippen MR) is 87.8 cm³/mol. The fourth-order valence-electron chi connectivity index (χ4n) is 3.67. The lowest BCUT2D eigenvalue weighted by atomic mass is 9.71. The van der Waals surface area contributed by atoms with Gasteiger partial charge in [-0.1, -0.05) is 33.3 Å². The summed E-state index contributed by atoms with van der Waals surface area (Å²) in [6, 6.07) is 5.53. The molecule has 0 amide bonds. The summed E-state index contributed by atoms with van der Waals surface area (Å²) in [5, 5.41) is 3.69. The highest BCUT2D eigenvalue weighted by atomic mass is 19.1. The van der Waals surface area contributed by atoms with Gasteiger partial charge in [0.1, 0.15) is 5.82 Å². The molecule has 1 saturated carbocycles. The summed E-state index contributed by atoms with van der Waals surface area (Å²) in [4.78, 5) is 0. The summed E-state index contributed by atoms with van der Waals surface area (Å²) in [7, 11) is 0. The van der Waals surface area contributed by atoms with Crippen molar-refractivity contribution >= 4 is 0 Å². The zero-order valence-electron chi connectivity index (χ0n) is 14.0. The van der Waals surface area contributed by atoms with E-state index in [2.05, 4.69) is 33.0 Å². The van der Waals surface area contributed by atoms with Crippen molar-refractivity contribution in [3.8, 4) is 0 Å². The Balaban J connectivity index is 2.23. The van der Waals surface area contributed by atoms with Crippen LogP contribution in [-0.2, 0) is 0 Å². The second kappa shape index (κ2) is 7.40. The third-order valence-electron chi connectivity index (χ3n) is 5.30. The highest BCUT2D eigenvalue weighted by molar-refractivity contribution is 5.30. The molecule has 1 aliphatic carbocycles. The van der Waals surface area contributed by atoms with Gasteiger partial charge < -0.3 is 5.32 Å². The molecule has 4 atom stereocenters. The minimum Gasteiger partial charge on any atom is -0.310 e. The van der Waals surface area contributed by atoms with Crippen LogP contribution in [0.1, 0.15) is 63.6 Å². The van der Waals surface area contributed by atoms with E-state index in [1.165, 1.54) is 24.8 Å². The average molecular weight is 291 g/mol. The number of hydrogen-bond acceptors (Lipinski definition) is 1. The Bertz CT molecular complexity index is 457. The Morgan fingerprint density at radius 1 is 1.24 bits per heavy atom. The van der Waals surface area contributed by atoms with E-state index in [0.29, 0.717) is 12.0 Å². The molecule has 1 aliphatic rings. The van der Waals surface area contributed by atoms with Gasteiger partial charge in [-0.2, -0.15) is 0 Å². The molecular weight excluding hydrogens is 261 g/mol. The Labute approximate surface area is 129 Å². The van der Waals surface area contributed by atoms with E-state index in [1.807, 2.05) is 6.07 Å². The normalized spacial score (nSPS) is 27.6. The molecule has 1 nitrogen and oxygen atoms in total. The first kappa shape index (κ1) is 16.5. The molecule has 1 fully saturated rings. The van der Waals surface area contributed by atoms with E-state index in [0.717, 1.165) is 30.4 Å². The fourth-order valence-corrected chi connectivity index (χ4v) is 3.67. The monoisotopic (exact) mass is 291 g/mol. The van der Waals surface area contributed by atoms with Gasteiger partial charge in [-0.3, -0.25) is 0 Å². The van der Waals surface area contributed by atoms with Gasteiger partial charge in [-0.15, -0.1) is 0 Å². The Hall–Kier alpha value is -0.890. The second-order valence-electron chi connectivity index (χ2n) is 6.96. The number of hydrogen-bond donors (Lipinski definition) is 1. The fraction of sp³-hybridized carbons (Fsp3) is 0.684. The van der Waals surface area contributed by atoms with Gasteiger partial charge in [0.05, 0.1) is 0 Å². The zero-order valence-corrected chi connectivity index (χ0v) is 14.0. The largest absolute Gasteiger partial charge is 0.310 e. The summed E-state index contributed by atoms with van der Waals surface area (Å²) < 4.78 is 13.7. The van der Waals surface area contributed by atoms with Gasteiger partial charge in [0.15, 0.2) is 0 Å². The summed E-state index contributed by atoms with van der Waals surface area (Å²) in [6.45, 7) is 10.0. The standard InChI is InChI=1S/C19H30FN/c1-5-10-21-19(16-8-6-13(2)15(4)11-16)18-12-17(20)9-7-14(18)3/h7,9,12-13,15-16,19,21H,5-6,8,10-11H2,1-4H3. The molecule has 0 radical (unpaired) electrons. The molecule has 0 aliphatic heterocycles. The molecule has 0 saturated heterocycles. The predicted octanol–water partition coefficient (Wildman–Crippen LogP) is 5.25. The lowest BCUT2D eigenvalue weighted by molar-refractivity contribution is 0.170. The summed E-state index contributed by atoms with van der Waals surface area (Å²) >= 11 is 0. The van der Waals surface area contributed by atoms with Crippen molar-refractivity contribution in [2.45, 2.75) is 59.4 Å². The van der Waals surface area contributed by atoms with Crippen LogP contribution >= 0.6 is 0 Å². The third-order valence-corrected chi connectivity index (χ3v) is 5.30. The maximum Gasteiger partial charge on any atom is 0.123 e. The van der Waals surface area contributed by atoms with Gasteiger partial charge in [0.2, 0.25) is 0 Å². The lowest BCUT2D eigenvalue weighted by Crippen LogP contribution is -2.34. The average Bonchev–Trinajstić information content (AvgIpc) is 2.46. The molecule has 1 aromatic rings. The van der Waals surface area contributed by atoms with Crippen LogP contribution in [0.4, 0.5) is 4.39 Å². The van der Waals surface area contributed by atoms with Crippen molar-refractivity contribution in [1.29, 1.82) is 0 Å². The zero-order chi connectivity index (χ0) is 15.4. The second-order valence-corrected chi connectivity index (χ2v) is 6.96. The third kappa shape index (κ3) is 4.06. The molecule has 21 heavy (non-hydrogen) atoms. The van der Waals surface area contributed by atoms with Crippen molar-refractivity contribution in [1.82, 2.24) is 5.32 Å². The number of benzene rings is 1. The van der Waals surface area contributed by atoms with E-state index in [1.54, 1.807) is 12.1 Å². The molecule has 2 rings (SSSR count). The van der Waals surface area contributed by atoms with Crippen LogP contribution < -0.4 is 5.32 Å². The molecule has 0 aromatic heterocycles. The minimum absolute atomic E-state index is 0.115. The van der Waals surface area contributed by atoms with Gasteiger partial charge in [0.25, 0.3) is 0 Å². The van der Waals surface area contributed by atoms with Gasteiger partial charge in [0, 0.05) is 6.04 Å². The Morgan fingerprint density at radius 2 is 2.00 bits per heavy atom. The quantitative estimate of drug-likeness (QED) is 0.781. The molecule has 1 aromatic carbocycles. The molecule has 1 N–H and O–H groups in total. The van der Waals surface area contributed by atoms with Gasteiger partial charge in [-0.05, 0) is 73.7 Å². The first-order valence-electron chi connectivity index (χ1n) is 8.52. The van der Waals surface area contributed by atoms with Crippen LogP contribution in [-0.4, -0.2) is 6.54 Å². The Morgan fingerprint density at radius 3 is 2.67 bits per heavy atom. The van der Waals surface area contributed by atoms with Crippen molar-refractivity contribution < 1.29 is 4.39 Å². The first-order chi connectivity index (χ1) is 10.0. The molecule has 4 unspecified atom stereocenters. The number of halogens is 1. The molecule has 0 bridgehead atoms. The van der Waals surface area contributed by atoms with Crippen molar-refractivity contribution in [3.05, 3.63) is 35.1 Å². The topological polar surface area (TPSA) is 12.0 Å². The van der Waals surface area contributed by atoms with Gasteiger partial charge >= 0.3 is 0 Å². The van der Waals surface area contributed by atoms with E-state index < -0.39 is 0 Å². The molecule has 2 heteroatoms. The summed E-state index contributed by atoms with van der Waals surface area (Å²) in [6.07, 6.45) is 4.91. The van der Waals surface area contributed by atoms with E-state index in [4.69, 9.17) is 0 Å². The molecular formula is C19H30FN. The van der Waals surface area contributed by atoms with Crippen LogP contribution in [0.3, 0.4) is 0 Å². The Kier molecular flexibility index (Phi) is 5.80. The maximum absolute atomic E-state index is 13.7. The number of nitrogens with one attached hydrogen (secondary N) is 1. The highest BCUT2D eigenvalue weighted by Gasteiger charge is 2.31. The van der Waals surface area contributed by atoms with Crippen molar-refractivity contribution in [2.24, 2.45) is 17.8 Å². The maximum atomic E-state index is 13.7. The van der Waals surface area contributed by atoms with Crippen LogP contribution in [0.2, 0.25) is 0 Å². The number of rotatable bonds is 5. The SMILES string of the molecule is CCCNC(c1cc(F)ccc1C)C1CCC(C)C(C)C1. The first-order valence-corrected chi connectivity index (χ1v) is 8.52. The summed E-state index contributed by atoms with van der Waals surface area (Å²) in [5.74, 6) is 2.10. The highest BCUT2D eigenvalue weighted by Crippen LogP contribution is 2.40. The molecule has 118 valence electrons. The van der Waals surface area contributed by atoms with Crippen molar-refractivity contribution in [2.75, 3.05) is 6.54 Å². The number of aryl methyl sites for hydroxylation is 1. The van der Waals surface area contributed by atoms with E-state index >= 15 is 0 Å². The van der Waals surface area contributed by atoms with E-state index in [-0.39, 0.29) is 5.82 Å². The van der Waals surface area contributed by atoms with Crippen LogP contribution in [0, 0.1) is 30.5 Å². The van der Waals surface area contributed by atoms with Crippen molar-refractivity contribution in [3.63, 3.8) is 0 Å². The van der Waals surface area contributed by atoms with Crippen LogP contribution in [0.5, 0.6) is 0 Å². The van der Waals surface area contributed by atoms with Crippen LogP contribution in [0.25, 0.3) is 0 Å². The van der Waals surface area contributed by atoms with Crippen LogP contribution in [0.15, 0.2) is 18.2 Å².